The predicted molar refractivity (Wildman–Crippen MR) is 312 cm³/mol. The van der Waals surface area contributed by atoms with E-state index in [0.717, 1.165) is 56.5 Å². The van der Waals surface area contributed by atoms with Crippen LogP contribution in [0, 0.1) is 27.7 Å². The fourth-order valence-corrected chi connectivity index (χ4v) is 8.65. The molecule has 0 saturated heterocycles. The van der Waals surface area contributed by atoms with E-state index in [2.05, 4.69) is 229 Å². The molecular formula is C67H102O5. The Hall–Kier alpha value is -4.90. The summed E-state index contributed by atoms with van der Waals surface area (Å²) in [7, 11) is 0. The topological polar surface area (TPSA) is 101 Å². The fraction of sp³-hybridized carbons (Fsp3) is 0.552. The van der Waals surface area contributed by atoms with Crippen molar-refractivity contribution in [2.45, 2.75) is 244 Å². The molecule has 400 valence electrons. The van der Waals surface area contributed by atoms with Gasteiger partial charge in [0.05, 0.1) is 0 Å². The van der Waals surface area contributed by atoms with Crippen LogP contribution in [0.2, 0.25) is 0 Å². The van der Waals surface area contributed by atoms with Crippen molar-refractivity contribution in [2.75, 3.05) is 0 Å². The minimum atomic E-state index is -0.151. The van der Waals surface area contributed by atoms with Gasteiger partial charge in [-0.2, -0.15) is 0 Å². The second-order valence-electron chi connectivity index (χ2n) is 28.9. The van der Waals surface area contributed by atoms with E-state index in [-0.39, 0.29) is 43.3 Å². The molecule has 5 N–H and O–H groups in total. The van der Waals surface area contributed by atoms with Crippen molar-refractivity contribution >= 4 is 0 Å². The summed E-state index contributed by atoms with van der Waals surface area (Å²) in [6.07, 6.45) is 0.763. The van der Waals surface area contributed by atoms with E-state index in [9.17, 15) is 25.5 Å². The average molecular weight is 988 g/mol. The fourth-order valence-electron chi connectivity index (χ4n) is 8.65. The number of aromatic hydroxyl groups is 5. The summed E-state index contributed by atoms with van der Waals surface area (Å²) >= 11 is 0. The van der Waals surface area contributed by atoms with Crippen molar-refractivity contribution in [2.24, 2.45) is 0 Å². The Labute approximate surface area is 440 Å². The molecule has 0 atom stereocenters. The van der Waals surface area contributed by atoms with Gasteiger partial charge in [0.25, 0.3) is 0 Å². The van der Waals surface area contributed by atoms with Crippen molar-refractivity contribution in [1.29, 1.82) is 0 Å². The molecule has 5 heteroatoms. The van der Waals surface area contributed by atoms with Gasteiger partial charge in [0, 0.05) is 0 Å². The van der Waals surface area contributed by atoms with Crippen LogP contribution in [-0.2, 0) is 49.7 Å². The molecule has 0 aliphatic carbocycles. The molecular weight excluding hydrogens is 885 g/mol. The van der Waals surface area contributed by atoms with Gasteiger partial charge in [-0.15, -0.1) is 0 Å². The summed E-state index contributed by atoms with van der Waals surface area (Å²) in [5.74, 6) is 2.13. The average Bonchev–Trinajstić information content (AvgIpc) is 3.16. The van der Waals surface area contributed by atoms with Crippen LogP contribution in [-0.4, -0.2) is 25.5 Å². The molecule has 5 rings (SSSR count). The Morgan fingerprint density at radius 3 is 0.778 bits per heavy atom. The van der Waals surface area contributed by atoms with Crippen LogP contribution in [0.15, 0.2) is 66.7 Å². The quantitative estimate of drug-likeness (QED) is 0.121. The zero-order valence-electron chi connectivity index (χ0n) is 50.8. The highest BCUT2D eigenvalue weighted by molar-refractivity contribution is 5.54. The first-order valence-electron chi connectivity index (χ1n) is 26.2. The molecule has 0 aliphatic heterocycles. The molecule has 0 saturated carbocycles. The maximum absolute atomic E-state index is 11.1. The lowest BCUT2D eigenvalue weighted by Crippen LogP contribution is -2.19. The third-order valence-corrected chi connectivity index (χ3v) is 13.2. The van der Waals surface area contributed by atoms with Crippen molar-refractivity contribution in [3.63, 3.8) is 0 Å². The van der Waals surface area contributed by atoms with Crippen molar-refractivity contribution in [3.05, 3.63) is 145 Å². The number of phenols is 5. The van der Waals surface area contributed by atoms with Crippen LogP contribution in [0.5, 0.6) is 28.7 Å². The second-order valence-corrected chi connectivity index (χ2v) is 28.9. The molecule has 0 fully saturated rings. The lowest BCUT2D eigenvalue weighted by molar-refractivity contribution is 0.421. The Kier molecular flexibility index (Phi) is 19.6. The molecule has 0 bridgehead atoms. The summed E-state index contributed by atoms with van der Waals surface area (Å²) in [5, 5.41) is 51.8. The lowest BCUT2D eigenvalue weighted by atomic mass is 9.76. The standard InChI is InChI=1S/C29H44O2.C15H24O.C12H18O.C11H16O/c1-26(2,3)20-14-18(15-21(24(20)30)27(4,5)6)13-19-16-22(28(7,8)9)25(31)23(17-19)29(10,11)12;1-10-8-11(14(2,3)4)13(16)12(9-10)15(5,6)7;1-8-6-9(2)11(13)10(7-8)12(3,4)5;1-8-5-6-9(7-10(8)12)11(2,3)4/h14-17,30-31H,13H2,1-12H3;8-9,16H,1-7H3;6-7,13H,1-5H3;5-7,12H,1-4H3. The van der Waals surface area contributed by atoms with Crippen LogP contribution in [0.1, 0.15) is 244 Å². The Bertz CT molecular complexity index is 2450. The first kappa shape index (κ1) is 63.2. The maximum atomic E-state index is 11.1. The molecule has 0 radical (unpaired) electrons. The largest absolute Gasteiger partial charge is 0.508 e. The SMILES string of the molecule is CC(C)(C)c1cc(Cc2cc(C(C)(C)C)c(O)c(C(C)(C)C)c2)cc(C(C)(C)C)c1O.Cc1cc(C(C)(C)C)c(O)c(C(C)(C)C)c1.Cc1cc(C)c(O)c(C(C)(C)C)c1.Cc1ccc(C(C)(C)C)cc1O. The van der Waals surface area contributed by atoms with Gasteiger partial charge in [-0.1, -0.05) is 238 Å². The van der Waals surface area contributed by atoms with Crippen molar-refractivity contribution < 1.29 is 25.5 Å². The molecule has 5 aromatic rings. The third-order valence-electron chi connectivity index (χ3n) is 13.2. The zero-order chi connectivity index (χ0) is 56.5. The zero-order valence-corrected chi connectivity index (χ0v) is 50.8. The molecule has 5 aromatic carbocycles. The highest BCUT2D eigenvalue weighted by Crippen LogP contribution is 2.44. The van der Waals surface area contributed by atoms with E-state index in [0.29, 0.717) is 28.7 Å². The number of phenolic OH excluding ortho intramolecular Hbond substituents is 5. The Balaban J connectivity index is 0.000000362. The van der Waals surface area contributed by atoms with Gasteiger partial charge in [-0.25, -0.2) is 0 Å². The molecule has 0 aliphatic rings. The highest BCUT2D eigenvalue weighted by Gasteiger charge is 2.30. The highest BCUT2D eigenvalue weighted by atomic mass is 16.3. The van der Waals surface area contributed by atoms with Crippen molar-refractivity contribution in [1.82, 2.24) is 0 Å². The van der Waals surface area contributed by atoms with E-state index in [1.165, 1.54) is 27.8 Å². The maximum Gasteiger partial charge on any atom is 0.123 e. The second kappa shape index (κ2) is 22.3. The molecule has 0 unspecified atom stereocenters. The van der Waals surface area contributed by atoms with Gasteiger partial charge in [-0.3, -0.25) is 0 Å². The minimum Gasteiger partial charge on any atom is -0.508 e. The summed E-state index contributed by atoms with van der Waals surface area (Å²) in [6.45, 7) is 59.3. The Morgan fingerprint density at radius 1 is 0.278 bits per heavy atom. The van der Waals surface area contributed by atoms with Gasteiger partial charge in [-0.05, 0) is 150 Å². The molecule has 0 amide bonds. The van der Waals surface area contributed by atoms with Gasteiger partial charge >= 0.3 is 0 Å². The first-order valence-corrected chi connectivity index (χ1v) is 26.2. The van der Waals surface area contributed by atoms with Gasteiger partial charge in [0.1, 0.15) is 28.7 Å². The van der Waals surface area contributed by atoms with Crippen LogP contribution >= 0.6 is 0 Å². The predicted octanol–water partition coefficient (Wildman–Crippen LogP) is 18.5. The van der Waals surface area contributed by atoms with E-state index in [1.807, 2.05) is 32.0 Å². The number of aryl methyl sites for hydroxylation is 4. The third kappa shape index (κ3) is 17.4. The molecule has 0 spiro atoms. The first-order chi connectivity index (χ1) is 32.0. The normalized spacial score (nSPS) is 12.8. The summed E-state index contributed by atoms with van der Waals surface area (Å²) in [6, 6.07) is 22.7. The number of benzene rings is 5. The number of hydrogen-bond donors (Lipinski definition) is 5. The molecule has 0 aromatic heterocycles. The summed E-state index contributed by atoms with van der Waals surface area (Å²) < 4.78 is 0. The van der Waals surface area contributed by atoms with Gasteiger partial charge in [0.2, 0.25) is 0 Å². The van der Waals surface area contributed by atoms with Crippen LogP contribution in [0.3, 0.4) is 0 Å². The van der Waals surface area contributed by atoms with Crippen LogP contribution in [0.25, 0.3) is 0 Å². The van der Waals surface area contributed by atoms with E-state index in [1.54, 1.807) is 0 Å². The lowest BCUT2D eigenvalue weighted by Gasteiger charge is -2.29. The van der Waals surface area contributed by atoms with Crippen LogP contribution < -0.4 is 0 Å². The van der Waals surface area contributed by atoms with Crippen molar-refractivity contribution in [3.8, 4) is 28.7 Å². The number of hydrogen-bond acceptors (Lipinski definition) is 5. The summed E-state index contributed by atoms with van der Waals surface area (Å²) in [5.41, 5.74) is 14.4. The monoisotopic (exact) mass is 987 g/mol. The summed E-state index contributed by atoms with van der Waals surface area (Å²) in [4.78, 5) is 0. The van der Waals surface area contributed by atoms with E-state index < -0.39 is 0 Å². The smallest absolute Gasteiger partial charge is 0.123 e. The number of rotatable bonds is 2. The molecule has 0 heterocycles. The van der Waals surface area contributed by atoms with Crippen LogP contribution in [0.4, 0.5) is 0 Å². The minimum absolute atomic E-state index is 0.0147. The van der Waals surface area contributed by atoms with E-state index >= 15 is 0 Å². The molecule has 5 nitrogen and oxygen atoms in total. The Morgan fingerprint density at radius 2 is 0.528 bits per heavy atom. The molecule has 72 heavy (non-hydrogen) atoms. The van der Waals surface area contributed by atoms with Gasteiger partial charge < -0.3 is 25.5 Å². The van der Waals surface area contributed by atoms with E-state index in [4.69, 9.17) is 0 Å². The van der Waals surface area contributed by atoms with Gasteiger partial charge in [0.15, 0.2) is 0 Å².